The highest BCUT2D eigenvalue weighted by molar-refractivity contribution is 7.93. The predicted molar refractivity (Wildman–Crippen MR) is 108 cm³/mol. The fraction of sp³-hybridized carbons (Fsp3) is 0.158. The van der Waals surface area contributed by atoms with E-state index in [0.29, 0.717) is 21.8 Å². The van der Waals surface area contributed by atoms with Crippen molar-refractivity contribution in [3.8, 4) is 11.4 Å². The monoisotopic (exact) mass is 465 g/mol. The zero-order chi connectivity index (χ0) is 22.2. The Labute approximate surface area is 180 Å². The third-order valence-electron chi connectivity index (χ3n) is 4.23. The standard InChI is InChI=1S/C19H14ClF2N5O3S/c1-31(29,14-5-3-2-4-6-14)26-16(28)10-13-11-27-8-7-12(9-15(27)23-13)17-24-18(30-25-17)19(20,21)22/h2-9,11H,10H2,1H3. The van der Waals surface area contributed by atoms with Crippen LogP contribution in [-0.2, 0) is 26.3 Å². The predicted octanol–water partition coefficient (Wildman–Crippen LogP) is 3.90. The summed E-state index contributed by atoms with van der Waals surface area (Å²) in [5.41, 5.74) is 1.19. The summed E-state index contributed by atoms with van der Waals surface area (Å²) in [6.07, 6.45) is 4.46. The second kappa shape index (κ2) is 7.82. The molecule has 0 spiro atoms. The van der Waals surface area contributed by atoms with E-state index in [0.717, 1.165) is 0 Å². The van der Waals surface area contributed by atoms with E-state index in [1.807, 2.05) is 0 Å². The zero-order valence-electron chi connectivity index (χ0n) is 15.9. The highest BCUT2D eigenvalue weighted by Crippen LogP contribution is 2.32. The minimum Gasteiger partial charge on any atom is -0.331 e. The van der Waals surface area contributed by atoms with Gasteiger partial charge in [-0.05, 0) is 35.9 Å². The first kappa shape index (κ1) is 21.1. The van der Waals surface area contributed by atoms with Gasteiger partial charge >= 0.3 is 11.3 Å². The van der Waals surface area contributed by atoms with Crippen LogP contribution < -0.4 is 0 Å². The van der Waals surface area contributed by atoms with E-state index in [-0.39, 0.29) is 12.2 Å². The first-order chi connectivity index (χ1) is 14.6. The van der Waals surface area contributed by atoms with Crippen molar-refractivity contribution in [1.82, 2.24) is 19.5 Å². The van der Waals surface area contributed by atoms with Gasteiger partial charge in [-0.2, -0.15) is 18.1 Å². The number of aromatic nitrogens is 4. The summed E-state index contributed by atoms with van der Waals surface area (Å²) in [4.78, 5) is 20.7. The molecule has 0 aliphatic rings. The van der Waals surface area contributed by atoms with Crippen LogP contribution in [0.1, 0.15) is 11.6 Å². The summed E-state index contributed by atoms with van der Waals surface area (Å²) >= 11 is 4.88. The van der Waals surface area contributed by atoms with Crippen LogP contribution in [0.15, 0.2) is 68.6 Å². The van der Waals surface area contributed by atoms with Crippen molar-refractivity contribution in [2.75, 3.05) is 6.26 Å². The number of amides is 1. The molecular weight excluding hydrogens is 452 g/mol. The molecule has 4 rings (SSSR count). The Morgan fingerprint density at radius 2 is 2.00 bits per heavy atom. The van der Waals surface area contributed by atoms with Gasteiger partial charge in [0.1, 0.15) is 5.65 Å². The summed E-state index contributed by atoms with van der Waals surface area (Å²) in [6, 6.07) is 11.6. The van der Waals surface area contributed by atoms with Gasteiger partial charge in [0.2, 0.25) is 5.82 Å². The van der Waals surface area contributed by atoms with Crippen LogP contribution in [-0.4, -0.2) is 35.9 Å². The molecule has 3 aromatic heterocycles. The van der Waals surface area contributed by atoms with Crippen molar-refractivity contribution >= 4 is 32.9 Å². The van der Waals surface area contributed by atoms with Crippen LogP contribution >= 0.6 is 11.6 Å². The van der Waals surface area contributed by atoms with Crippen molar-refractivity contribution in [2.24, 2.45) is 4.36 Å². The lowest BCUT2D eigenvalue weighted by Crippen LogP contribution is -2.06. The van der Waals surface area contributed by atoms with Crippen LogP contribution in [0, 0.1) is 0 Å². The summed E-state index contributed by atoms with van der Waals surface area (Å²) in [7, 11) is -2.87. The smallest absolute Gasteiger partial charge is 0.331 e. The molecule has 4 aromatic rings. The highest BCUT2D eigenvalue weighted by Gasteiger charge is 2.35. The van der Waals surface area contributed by atoms with Crippen molar-refractivity contribution in [2.45, 2.75) is 16.7 Å². The second-order valence-corrected chi connectivity index (χ2v) is 9.35. The quantitative estimate of drug-likeness (QED) is 0.414. The fourth-order valence-corrected chi connectivity index (χ4v) is 4.12. The molecule has 0 N–H and O–H groups in total. The molecule has 0 fully saturated rings. The first-order valence-electron chi connectivity index (χ1n) is 8.81. The number of rotatable bonds is 5. The van der Waals surface area contributed by atoms with Gasteiger partial charge in [-0.15, -0.1) is 0 Å². The lowest BCUT2D eigenvalue weighted by atomic mass is 10.2. The zero-order valence-corrected chi connectivity index (χ0v) is 17.5. The van der Waals surface area contributed by atoms with Crippen LogP contribution in [0.3, 0.4) is 0 Å². The molecule has 31 heavy (non-hydrogen) atoms. The van der Waals surface area contributed by atoms with Crippen molar-refractivity contribution in [3.05, 3.63) is 66.4 Å². The summed E-state index contributed by atoms with van der Waals surface area (Å²) < 4.78 is 48.9. The van der Waals surface area contributed by atoms with Gasteiger partial charge in [-0.3, -0.25) is 4.79 Å². The fourth-order valence-electron chi connectivity index (χ4n) is 2.82. The normalized spacial score (nSPS) is 13.8. The van der Waals surface area contributed by atoms with E-state index in [1.165, 1.54) is 6.26 Å². The minimum atomic E-state index is -3.77. The number of carbonyl (C=O) groups is 1. The summed E-state index contributed by atoms with van der Waals surface area (Å²) in [6.45, 7) is 0. The lowest BCUT2D eigenvalue weighted by Gasteiger charge is -2.02. The molecule has 8 nitrogen and oxygen atoms in total. The number of alkyl halides is 3. The molecule has 1 amide bonds. The molecule has 12 heteroatoms. The molecule has 0 bridgehead atoms. The molecule has 1 aromatic carbocycles. The Bertz CT molecular complexity index is 1390. The number of hydrogen-bond donors (Lipinski definition) is 0. The van der Waals surface area contributed by atoms with Gasteiger partial charge in [0.25, 0.3) is 5.91 Å². The first-order valence-corrected chi connectivity index (χ1v) is 11.1. The Morgan fingerprint density at radius 1 is 1.26 bits per heavy atom. The van der Waals surface area contributed by atoms with Gasteiger partial charge in [-0.25, -0.2) is 9.19 Å². The minimum absolute atomic E-state index is 0.0815. The summed E-state index contributed by atoms with van der Waals surface area (Å²) in [5, 5.41) is -0.271. The molecular formula is C19H14ClF2N5O3S. The Balaban J connectivity index is 1.57. The highest BCUT2D eigenvalue weighted by atomic mass is 35.5. The van der Waals surface area contributed by atoms with Crippen LogP contribution in [0.2, 0.25) is 0 Å². The van der Waals surface area contributed by atoms with Gasteiger partial charge in [0.05, 0.1) is 21.8 Å². The molecule has 0 aliphatic carbocycles. The number of pyridine rings is 1. The number of hydrogen-bond acceptors (Lipinski definition) is 6. The SMILES string of the molecule is CS(=O)(=NC(=O)Cc1cn2ccc(-c3noc(C(F)(F)Cl)n3)cc2n1)c1ccccc1. The summed E-state index contributed by atoms with van der Waals surface area (Å²) in [5.74, 6) is -1.67. The molecule has 1 unspecified atom stereocenters. The second-order valence-electron chi connectivity index (χ2n) is 6.61. The van der Waals surface area contributed by atoms with Gasteiger partial charge < -0.3 is 8.92 Å². The lowest BCUT2D eigenvalue weighted by molar-refractivity contribution is -0.117. The number of halogens is 3. The number of benzene rings is 1. The van der Waals surface area contributed by atoms with Crippen molar-refractivity contribution in [1.29, 1.82) is 0 Å². The van der Waals surface area contributed by atoms with E-state index in [9.17, 15) is 17.8 Å². The third-order valence-corrected chi connectivity index (χ3v) is 6.09. The average Bonchev–Trinajstić information content (AvgIpc) is 3.34. The van der Waals surface area contributed by atoms with E-state index < -0.39 is 26.9 Å². The molecule has 0 aliphatic heterocycles. The van der Waals surface area contributed by atoms with E-state index in [1.54, 1.807) is 59.3 Å². The van der Waals surface area contributed by atoms with Crippen molar-refractivity contribution in [3.63, 3.8) is 0 Å². The van der Waals surface area contributed by atoms with Gasteiger partial charge in [-0.1, -0.05) is 23.4 Å². The number of nitrogens with zero attached hydrogens (tertiary/aromatic N) is 5. The van der Waals surface area contributed by atoms with Crippen molar-refractivity contribution < 1.29 is 22.3 Å². The maximum absolute atomic E-state index is 13.1. The van der Waals surface area contributed by atoms with Gasteiger partial charge in [0.15, 0.2) is 0 Å². The maximum atomic E-state index is 13.1. The Hall–Kier alpha value is -3.18. The van der Waals surface area contributed by atoms with Crippen LogP contribution in [0.25, 0.3) is 17.0 Å². The largest absolute Gasteiger partial charge is 0.400 e. The van der Waals surface area contributed by atoms with Crippen LogP contribution in [0.4, 0.5) is 8.78 Å². The van der Waals surface area contributed by atoms with E-state index in [2.05, 4.69) is 24.0 Å². The number of carbonyl (C=O) groups excluding carboxylic acids is 1. The van der Waals surface area contributed by atoms with E-state index >= 15 is 0 Å². The van der Waals surface area contributed by atoms with E-state index in [4.69, 9.17) is 11.6 Å². The third kappa shape index (κ3) is 4.62. The van der Waals surface area contributed by atoms with Crippen LogP contribution in [0.5, 0.6) is 0 Å². The maximum Gasteiger partial charge on any atom is 0.400 e. The molecule has 1 atom stereocenters. The average molecular weight is 466 g/mol. The number of fused-ring (bicyclic) bond motifs is 1. The molecule has 0 saturated carbocycles. The topological polar surface area (TPSA) is 103 Å². The number of imidazole rings is 1. The van der Waals surface area contributed by atoms with Gasteiger partial charge in [0, 0.05) is 29.1 Å². The Kier molecular flexibility index (Phi) is 5.31. The molecule has 0 saturated heterocycles. The molecule has 3 heterocycles. The molecule has 160 valence electrons. The molecule has 0 radical (unpaired) electrons. The Morgan fingerprint density at radius 3 is 2.68 bits per heavy atom.